The summed E-state index contributed by atoms with van der Waals surface area (Å²) < 4.78 is 0. The van der Waals surface area contributed by atoms with Gasteiger partial charge < -0.3 is 42.9 Å². The molecule has 0 saturated carbocycles. The molecular weight excluding hydrogens is 676 g/mol. The number of fused-ring (bicyclic) bond motifs is 1. The number of nitrogens with two attached hydrogens (primary N) is 2. The van der Waals surface area contributed by atoms with E-state index in [0.717, 1.165) is 0 Å². The summed E-state index contributed by atoms with van der Waals surface area (Å²) in [5.74, 6) is -5.15. The lowest BCUT2D eigenvalue weighted by atomic mass is 10.0. The van der Waals surface area contributed by atoms with E-state index in [9.17, 15) is 38.7 Å². The Morgan fingerprint density at radius 3 is 2.26 bits per heavy atom. The van der Waals surface area contributed by atoms with Gasteiger partial charge in [-0.1, -0.05) is 0 Å². The summed E-state index contributed by atoms with van der Waals surface area (Å²) in [5.41, 5.74) is 12.1. The third kappa shape index (κ3) is 11.8. The molecule has 19 nitrogen and oxygen atoms in total. The minimum Gasteiger partial charge on any atom is -0.481 e. The van der Waals surface area contributed by atoms with Gasteiger partial charge in [-0.25, -0.2) is 14.8 Å². The maximum absolute atomic E-state index is 12.8. The maximum atomic E-state index is 12.8. The lowest BCUT2D eigenvalue weighted by molar-refractivity contribution is -0.141. The van der Waals surface area contributed by atoms with Gasteiger partial charge in [0.25, 0.3) is 11.5 Å². The Balaban J connectivity index is 1.47. The van der Waals surface area contributed by atoms with E-state index in [1.165, 1.54) is 18.3 Å². The van der Waals surface area contributed by atoms with Gasteiger partial charge in [-0.3, -0.25) is 33.8 Å². The highest BCUT2D eigenvalue weighted by Gasteiger charge is 2.27. The molecule has 3 aromatic rings. The van der Waals surface area contributed by atoms with E-state index < -0.39 is 65.5 Å². The largest absolute Gasteiger partial charge is 0.481 e. The Labute approximate surface area is 289 Å². The van der Waals surface area contributed by atoms with Crippen LogP contribution in [0.2, 0.25) is 0 Å². The van der Waals surface area contributed by atoms with Crippen LogP contribution >= 0.6 is 12.6 Å². The van der Waals surface area contributed by atoms with Crippen molar-refractivity contribution in [2.45, 2.75) is 69.7 Å². The molecule has 0 saturated heterocycles. The molecule has 1 aromatic carbocycles. The maximum Gasteiger partial charge on any atom is 0.326 e. The van der Waals surface area contributed by atoms with Crippen molar-refractivity contribution in [2.75, 3.05) is 16.8 Å². The van der Waals surface area contributed by atoms with Crippen molar-refractivity contribution in [1.82, 2.24) is 35.9 Å². The number of benzene rings is 1. The van der Waals surface area contributed by atoms with Crippen LogP contribution in [-0.4, -0.2) is 95.5 Å². The normalized spacial score (nSPS) is 13.3. The average Bonchev–Trinajstić information content (AvgIpc) is 3.07. The van der Waals surface area contributed by atoms with Crippen LogP contribution in [0.5, 0.6) is 0 Å². The van der Waals surface area contributed by atoms with E-state index in [0.29, 0.717) is 11.4 Å². The fourth-order valence-electron chi connectivity index (χ4n) is 4.42. The van der Waals surface area contributed by atoms with E-state index in [4.69, 9.17) is 16.6 Å². The number of carboxylic acid groups (broad SMARTS) is 2. The second kappa shape index (κ2) is 18.2. The highest BCUT2D eigenvalue weighted by molar-refractivity contribution is 7.80. The molecule has 0 aliphatic rings. The molecule has 0 aliphatic heterocycles. The number of hydrogen-bond acceptors (Lipinski definition) is 14. The molecule has 0 fully saturated rings. The molecule has 3 amide bonds. The van der Waals surface area contributed by atoms with Crippen LogP contribution in [0, 0.1) is 0 Å². The van der Waals surface area contributed by atoms with Crippen LogP contribution in [0.3, 0.4) is 0 Å². The van der Waals surface area contributed by atoms with Gasteiger partial charge in [0.1, 0.15) is 17.9 Å². The zero-order valence-electron chi connectivity index (χ0n) is 26.8. The zero-order valence-corrected chi connectivity index (χ0v) is 27.7. The van der Waals surface area contributed by atoms with Crippen molar-refractivity contribution in [2.24, 2.45) is 5.73 Å². The fraction of sp³-hybridized carbons (Fsp3) is 0.400. The standard InChI is InChI=1S/C30H38N10O9S/c1-14(13-50)35-27(46)21(10-22(42)43)38-26(45)19(31)8-6-18(41)7-9-20(29(48)49)37-25(44)15-2-4-16(5-3-15)33-11-17-12-34-24-23(36-17)28(47)40-30(32)39-24/h2-5,12,14,19-21,33,50H,6-11,13,31H2,1H3,(H,35,46)(H,37,44)(H,38,45)(H,42,43)(H,48,49)(H3,32,34,39,40,47)/t14-,19+,20-,21+/m1/s1. The molecule has 2 aromatic heterocycles. The molecule has 0 spiro atoms. The lowest BCUT2D eigenvalue weighted by Crippen LogP contribution is -2.53. The number of aromatic amines is 1. The Bertz CT molecular complexity index is 1790. The summed E-state index contributed by atoms with van der Waals surface area (Å²) in [6.07, 6.45) is -0.0903. The molecule has 50 heavy (non-hydrogen) atoms. The van der Waals surface area contributed by atoms with Gasteiger partial charge in [0, 0.05) is 35.9 Å². The van der Waals surface area contributed by atoms with Crippen molar-refractivity contribution < 1.29 is 39.0 Å². The van der Waals surface area contributed by atoms with Crippen LogP contribution < -0.4 is 38.3 Å². The van der Waals surface area contributed by atoms with E-state index in [1.54, 1.807) is 19.1 Å². The van der Waals surface area contributed by atoms with Gasteiger partial charge in [-0.15, -0.1) is 0 Å². The molecule has 268 valence electrons. The van der Waals surface area contributed by atoms with Crippen molar-refractivity contribution in [1.29, 1.82) is 0 Å². The van der Waals surface area contributed by atoms with Gasteiger partial charge in [0.2, 0.25) is 17.8 Å². The fourth-order valence-corrected chi connectivity index (χ4v) is 4.51. The molecule has 0 radical (unpaired) electrons. The molecule has 20 heteroatoms. The number of ketones is 1. The number of nitrogens with zero attached hydrogens (tertiary/aromatic N) is 3. The lowest BCUT2D eigenvalue weighted by Gasteiger charge is -2.21. The number of nitrogens with one attached hydrogen (secondary N) is 5. The number of Topliss-reactive ketones (excluding diaryl/α,β-unsaturated/α-hetero) is 1. The second-order valence-corrected chi connectivity index (χ2v) is 11.6. The van der Waals surface area contributed by atoms with Crippen LogP contribution in [0.25, 0.3) is 11.2 Å². The SMILES string of the molecule is C[C@H](CS)NC(=O)[C@H](CC(=O)O)NC(=O)[C@@H](N)CCC(=O)CC[C@@H](NC(=O)c1ccc(NCc2cnc3nc(N)[nH]c(=O)c3n2)cc1)C(=O)O. The number of carboxylic acids is 2. The summed E-state index contributed by atoms with van der Waals surface area (Å²) >= 11 is 4.04. The third-order valence-corrected chi connectivity index (χ3v) is 7.72. The first kappa shape index (κ1) is 38.8. The number of rotatable bonds is 19. The van der Waals surface area contributed by atoms with Gasteiger partial charge in [-0.2, -0.15) is 17.6 Å². The van der Waals surface area contributed by atoms with Crippen molar-refractivity contribution in [3.8, 4) is 0 Å². The molecular formula is C30H38N10O9S. The summed E-state index contributed by atoms with van der Waals surface area (Å²) in [7, 11) is 0. The smallest absolute Gasteiger partial charge is 0.326 e. The number of aliphatic carboxylic acids is 2. The number of hydrogen-bond donors (Lipinski definition) is 10. The molecule has 0 aliphatic carbocycles. The first-order valence-electron chi connectivity index (χ1n) is 15.3. The molecule has 11 N–H and O–H groups in total. The van der Waals surface area contributed by atoms with Crippen molar-refractivity contribution in [3.05, 3.63) is 52.1 Å². The third-order valence-electron chi connectivity index (χ3n) is 7.17. The summed E-state index contributed by atoms with van der Waals surface area (Å²) in [5, 5.41) is 29.0. The molecule has 3 rings (SSSR count). The topological polar surface area (TPSA) is 315 Å². The van der Waals surface area contributed by atoms with E-state index in [2.05, 4.69) is 53.8 Å². The predicted molar refractivity (Wildman–Crippen MR) is 182 cm³/mol. The quantitative estimate of drug-likeness (QED) is 0.0662. The number of H-pyrrole nitrogens is 1. The Morgan fingerprint density at radius 1 is 0.940 bits per heavy atom. The predicted octanol–water partition coefficient (Wildman–Crippen LogP) is -1.06. The number of nitrogen functional groups attached to an aromatic ring is 1. The van der Waals surface area contributed by atoms with Gasteiger partial charge in [-0.05, 0) is 44.0 Å². The second-order valence-electron chi connectivity index (χ2n) is 11.3. The number of aromatic nitrogens is 4. The zero-order chi connectivity index (χ0) is 37.0. The van der Waals surface area contributed by atoms with Gasteiger partial charge in [0.15, 0.2) is 11.2 Å². The minimum absolute atomic E-state index is 0.0248. The molecule has 0 bridgehead atoms. The van der Waals surface area contributed by atoms with E-state index in [-0.39, 0.29) is 66.7 Å². The highest BCUT2D eigenvalue weighted by Crippen LogP contribution is 2.13. The summed E-state index contributed by atoms with van der Waals surface area (Å²) in [6, 6.07) is 1.66. The number of anilines is 2. The number of carbonyl (C=O) groups excluding carboxylic acids is 4. The monoisotopic (exact) mass is 714 g/mol. The number of thiol groups is 1. The van der Waals surface area contributed by atoms with E-state index >= 15 is 0 Å². The first-order valence-corrected chi connectivity index (χ1v) is 15.9. The Hall–Kier alpha value is -5.63. The number of carbonyl (C=O) groups is 6. The van der Waals surface area contributed by atoms with E-state index in [1.807, 2.05) is 0 Å². The minimum atomic E-state index is -1.39. The first-order chi connectivity index (χ1) is 23.7. The van der Waals surface area contributed by atoms with Crippen LogP contribution in [-0.2, 0) is 30.5 Å². The number of amides is 3. The summed E-state index contributed by atoms with van der Waals surface area (Å²) in [4.78, 5) is 99.8. The van der Waals surface area contributed by atoms with Crippen LogP contribution in [0.1, 0.15) is 55.1 Å². The summed E-state index contributed by atoms with van der Waals surface area (Å²) in [6.45, 7) is 1.83. The van der Waals surface area contributed by atoms with Gasteiger partial charge >= 0.3 is 11.9 Å². The molecule has 2 heterocycles. The van der Waals surface area contributed by atoms with Crippen LogP contribution in [0.4, 0.5) is 11.6 Å². The van der Waals surface area contributed by atoms with Crippen molar-refractivity contribution in [3.63, 3.8) is 0 Å². The molecule has 0 unspecified atom stereocenters. The molecule has 4 atom stereocenters. The average molecular weight is 715 g/mol. The van der Waals surface area contributed by atoms with Crippen molar-refractivity contribution >= 4 is 70.9 Å². The van der Waals surface area contributed by atoms with Crippen LogP contribution in [0.15, 0.2) is 35.3 Å². The Morgan fingerprint density at radius 2 is 1.62 bits per heavy atom. The van der Waals surface area contributed by atoms with Gasteiger partial charge in [0.05, 0.1) is 30.9 Å². The highest BCUT2D eigenvalue weighted by atomic mass is 32.1. The Kier molecular flexibility index (Phi) is 14.1.